The molecule has 0 aliphatic rings. The molecule has 106 valence electrons. The number of hydrogen-bond donors (Lipinski definition) is 2. The minimum Gasteiger partial charge on any atom is -0.465 e. The van der Waals surface area contributed by atoms with Crippen molar-refractivity contribution in [2.24, 2.45) is 0 Å². The van der Waals surface area contributed by atoms with Gasteiger partial charge in [0.15, 0.2) is 0 Å². The van der Waals surface area contributed by atoms with Crippen LogP contribution in [0.15, 0.2) is 23.0 Å². The van der Waals surface area contributed by atoms with E-state index in [2.05, 4.69) is 15.0 Å². The van der Waals surface area contributed by atoms with E-state index >= 15 is 0 Å². The Labute approximate surface area is 120 Å². The normalized spacial score (nSPS) is 10.6. The van der Waals surface area contributed by atoms with E-state index < -0.39 is 11.5 Å². The van der Waals surface area contributed by atoms with Crippen molar-refractivity contribution in [2.75, 3.05) is 19.0 Å². The summed E-state index contributed by atoms with van der Waals surface area (Å²) in [6, 6.07) is 5.24. The predicted octanol–water partition coefficient (Wildman–Crippen LogP) is 2.79. The highest BCUT2D eigenvalue weighted by molar-refractivity contribution is 6.35. The maximum Gasteiger partial charge on any atom is 0.345 e. The molecule has 1 aromatic carbocycles. The summed E-state index contributed by atoms with van der Waals surface area (Å²) in [4.78, 5) is 26.6. The van der Waals surface area contributed by atoms with Gasteiger partial charge in [-0.15, -0.1) is 0 Å². The van der Waals surface area contributed by atoms with Crippen LogP contribution in [0.2, 0.25) is 5.02 Å². The summed E-state index contributed by atoms with van der Waals surface area (Å²) in [6.45, 7) is 2.63. The third-order valence-electron chi connectivity index (χ3n) is 2.94. The highest BCUT2D eigenvalue weighted by Crippen LogP contribution is 2.28. The molecule has 1 heterocycles. The van der Waals surface area contributed by atoms with Crippen molar-refractivity contribution in [3.8, 4) is 0 Å². The largest absolute Gasteiger partial charge is 0.465 e. The summed E-state index contributed by atoms with van der Waals surface area (Å²) in [7, 11) is 1.24. The molecule has 0 aliphatic carbocycles. The van der Waals surface area contributed by atoms with E-state index in [1.165, 1.54) is 7.11 Å². The molecular weight excluding hydrogens is 280 g/mol. The van der Waals surface area contributed by atoms with Gasteiger partial charge in [-0.25, -0.2) is 4.79 Å². The lowest BCUT2D eigenvalue weighted by atomic mass is 10.1. The Balaban J connectivity index is 2.80. The van der Waals surface area contributed by atoms with Crippen molar-refractivity contribution >= 4 is 34.2 Å². The summed E-state index contributed by atoms with van der Waals surface area (Å²) in [5.41, 5.74) is 0.414. The highest BCUT2D eigenvalue weighted by atomic mass is 35.5. The number of halogens is 1. The zero-order valence-corrected chi connectivity index (χ0v) is 12.0. The Hall–Kier alpha value is -2.01. The van der Waals surface area contributed by atoms with Gasteiger partial charge in [0.1, 0.15) is 5.56 Å². The van der Waals surface area contributed by atoms with Crippen LogP contribution in [-0.2, 0) is 4.74 Å². The average molecular weight is 295 g/mol. The van der Waals surface area contributed by atoms with Crippen molar-refractivity contribution in [1.29, 1.82) is 0 Å². The molecule has 2 N–H and O–H groups in total. The number of hydrogen-bond acceptors (Lipinski definition) is 4. The molecule has 0 amide bonds. The van der Waals surface area contributed by atoms with E-state index in [0.29, 0.717) is 28.2 Å². The lowest BCUT2D eigenvalue weighted by molar-refractivity contribution is 0.0600. The monoisotopic (exact) mass is 294 g/mol. The van der Waals surface area contributed by atoms with Gasteiger partial charge in [0.25, 0.3) is 5.56 Å². The minimum absolute atomic E-state index is 0.0317. The number of carbonyl (C=O) groups excluding carboxylic acids is 1. The Morgan fingerprint density at radius 2 is 2.20 bits per heavy atom. The number of pyridine rings is 1. The van der Waals surface area contributed by atoms with Gasteiger partial charge in [-0.05, 0) is 12.5 Å². The number of methoxy groups -OCH3 is 1. The number of anilines is 1. The summed E-state index contributed by atoms with van der Waals surface area (Å²) in [6.07, 6.45) is 0.857. The number of rotatable bonds is 4. The van der Waals surface area contributed by atoms with Crippen LogP contribution in [0.5, 0.6) is 0 Å². The number of para-hydroxylation sites is 1. The van der Waals surface area contributed by atoms with Gasteiger partial charge in [0.2, 0.25) is 0 Å². The fourth-order valence-electron chi connectivity index (χ4n) is 2.01. The van der Waals surface area contributed by atoms with E-state index in [1.54, 1.807) is 18.2 Å². The summed E-state index contributed by atoms with van der Waals surface area (Å²) < 4.78 is 4.68. The van der Waals surface area contributed by atoms with Gasteiger partial charge in [-0.2, -0.15) is 0 Å². The zero-order valence-electron chi connectivity index (χ0n) is 11.2. The molecule has 0 radical (unpaired) electrons. The number of aromatic amines is 1. The van der Waals surface area contributed by atoms with Crippen LogP contribution in [0, 0.1) is 0 Å². The van der Waals surface area contributed by atoms with Crippen molar-refractivity contribution in [2.45, 2.75) is 13.3 Å². The van der Waals surface area contributed by atoms with Crippen LogP contribution in [0.4, 0.5) is 5.69 Å². The van der Waals surface area contributed by atoms with Crippen LogP contribution in [0.1, 0.15) is 23.7 Å². The van der Waals surface area contributed by atoms with E-state index in [9.17, 15) is 9.59 Å². The highest BCUT2D eigenvalue weighted by Gasteiger charge is 2.20. The molecule has 0 saturated heterocycles. The molecule has 0 fully saturated rings. The number of carbonyl (C=O) groups is 1. The van der Waals surface area contributed by atoms with Crippen LogP contribution < -0.4 is 10.9 Å². The topological polar surface area (TPSA) is 71.2 Å². The molecule has 0 aliphatic heterocycles. The molecule has 2 rings (SSSR count). The molecule has 5 nitrogen and oxygen atoms in total. The Morgan fingerprint density at radius 3 is 2.85 bits per heavy atom. The summed E-state index contributed by atoms with van der Waals surface area (Å²) in [5.74, 6) is -0.674. The number of benzene rings is 1. The maximum atomic E-state index is 12.1. The summed E-state index contributed by atoms with van der Waals surface area (Å²) >= 11 is 6.09. The van der Waals surface area contributed by atoms with Crippen molar-refractivity contribution in [1.82, 2.24) is 4.98 Å². The molecule has 0 atom stereocenters. The third-order valence-corrected chi connectivity index (χ3v) is 3.25. The van der Waals surface area contributed by atoms with Crippen molar-refractivity contribution in [3.63, 3.8) is 0 Å². The van der Waals surface area contributed by atoms with Gasteiger partial charge >= 0.3 is 5.97 Å². The molecule has 0 unspecified atom stereocenters. The molecule has 0 spiro atoms. The minimum atomic E-state index is -0.674. The first-order valence-corrected chi connectivity index (χ1v) is 6.64. The standard InChI is InChI=1S/C14H15ClN2O3/c1-3-7-16-12-8-5-4-6-9(15)11(8)17-13(18)10(12)14(19)20-2/h4-6H,3,7H2,1-2H3,(H2,16,17,18). The Bertz CT molecular complexity index is 709. The third kappa shape index (κ3) is 2.49. The SMILES string of the molecule is CCCNc1c(C(=O)OC)c(=O)[nH]c2c(Cl)cccc12. The maximum absolute atomic E-state index is 12.1. The second kappa shape index (κ2) is 5.96. The molecule has 2 aromatic rings. The van der Waals surface area contributed by atoms with E-state index in [0.717, 1.165) is 6.42 Å². The molecule has 0 saturated carbocycles. The Morgan fingerprint density at radius 1 is 1.45 bits per heavy atom. The summed E-state index contributed by atoms with van der Waals surface area (Å²) in [5, 5.41) is 4.22. The fraction of sp³-hybridized carbons (Fsp3) is 0.286. The van der Waals surface area contributed by atoms with Gasteiger partial charge in [-0.1, -0.05) is 30.7 Å². The van der Waals surface area contributed by atoms with Gasteiger partial charge in [-0.3, -0.25) is 4.79 Å². The first-order chi connectivity index (χ1) is 9.60. The fourth-order valence-corrected chi connectivity index (χ4v) is 2.24. The second-order valence-corrected chi connectivity index (χ2v) is 4.69. The zero-order chi connectivity index (χ0) is 14.7. The van der Waals surface area contributed by atoms with Gasteiger partial charge in [0.05, 0.1) is 23.3 Å². The smallest absolute Gasteiger partial charge is 0.345 e. The van der Waals surface area contributed by atoms with Gasteiger partial charge in [0, 0.05) is 11.9 Å². The first kappa shape index (κ1) is 14.4. The number of esters is 1. The van der Waals surface area contributed by atoms with E-state index in [4.69, 9.17) is 11.6 Å². The number of aromatic nitrogens is 1. The second-order valence-electron chi connectivity index (χ2n) is 4.28. The van der Waals surface area contributed by atoms with Crippen molar-refractivity contribution < 1.29 is 9.53 Å². The molecular formula is C14H15ClN2O3. The lowest BCUT2D eigenvalue weighted by Gasteiger charge is -2.13. The van der Waals surface area contributed by atoms with Crippen LogP contribution >= 0.6 is 11.6 Å². The Kier molecular flexibility index (Phi) is 4.29. The number of ether oxygens (including phenoxy) is 1. The number of nitrogens with one attached hydrogen (secondary N) is 2. The predicted molar refractivity (Wildman–Crippen MR) is 79.7 cm³/mol. The average Bonchev–Trinajstić information content (AvgIpc) is 2.44. The number of fused-ring (bicyclic) bond motifs is 1. The molecule has 20 heavy (non-hydrogen) atoms. The quantitative estimate of drug-likeness (QED) is 0.851. The van der Waals surface area contributed by atoms with E-state index in [1.807, 2.05) is 6.92 Å². The van der Waals surface area contributed by atoms with Crippen LogP contribution in [0.25, 0.3) is 10.9 Å². The molecule has 0 bridgehead atoms. The van der Waals surface area contributed by atoms with Gasteiger partial charge < -0.3 is 15.0 Å². The van der Waals surface area contributed by atoms with Crippen LogP contribution in [0.3, 0.4) is 0 Å². The first-order valence-electron chi connectivity index (χ1n) is 6.26. The van der Waals surface area contributed by atoms with Crippen molar-refractivity contribution in [3.05, 3.63) is 39.1 Å². The number of H-pyrrole nitrogens is 1. The van der Waals surface area contributed by atoms with E-state index in [-0.39, 0.29) is 5.56 Å². The molecule has 1 aromatic heterocycles. The molecule has 6 heteroatoms. The van der Waals surface area contributed by atoms with Crippen LogP contribution in [-0.4, -0.2) is 24.6 Å². The lowest BCUT2D eigenvalue weighted by Crippen LogP contribution is -2.22.